The molecule has 0 saturated heterocycles. The molecule has 1 amide bonds. The van der Waals surface area contributed by atoms with Crippen LogP contribution in [-0.4, -0.2) is 26.2 Å². The van der Waals surface area contributed by atoms with Gasteiger partial charge in [0.1, 0.15) is 0 Å². The van der Waals surface area contributed by atoms with Crippen LogP contribution >= 0.6 is 15.9 Å². The van der Waals surface area contributed by atoms with Crippen molar-refractivity contribution in [1.29, 1.82) is 0 Å². The number of hydrogen-bond acceptors (Lipinski definition) is 3. The summed E-state index contributed by atoms with van der Waals surface area (Å²) in [4.78, 5) is 11.7. The maximum atomic E-state index is 11.7. The molecule has 0 unspecified atom stereocenters. The fraction of sp³-hybridized carbons (Fsp3) is 0.364. The molecule has 0 aromatic heterocycles. The number of rotatable bonds is 5. The third kappa shape index (κ3) is 3.50. The Morgan fingerprint density at radius 1 is 1.56 bits per heavy atom. The van der Waals surface area contributed by atoms with Crippen molar-refractivity contribution in [2.45, 2.75) is 6.42 Å². The number of anilines is 1. The van der Waals surface area contributed by atoms with Crippen LogP contribution in [0.25, 0.3) is 0 Å². The summed E-state index contributed by atoms with van der Waals surface area (Å²) < 4.78 is 5.53. The number of methoxy groups -OCH3 is 1. The van der Waals surface area contributed by atoms with Gasteiger partial charge in [0.2, 0.25) is 0 Å². The van der Waals surface area contributed by atoms with E-state index in [1.54, 1.807) is 25.3 Å². The van der Waals surface area contributed by atoms with E-state index in [1.165, 1.54) is 0 Å². The number of carbonyl (C=O) groups is 1. The second-order valence-electron chi connectivity index (χ2n) is 3.31. The van der Waals surface area contributed by atoms with E-state index in [4.69, 9.17) is 10.5 Å². The number of halogens is 1. The highest BCUT2D eigenvalue weighted by Gasteiger charge is 2.10. The van der Waals surface area contributed by atoms with Crippen molar-refractivity contribution in [3.63, 3.8) is 0 Å². The number of benzene rings is 1. The lowest BCUT2D eigenvalue weighted by molar-refractivity contribution is 0.0948. The zero-order valence-electron chi connectivity index (χ0n) is 9.13. The van der Waals surface area contributed by atoms with Gasteiger partial charge in [-0.05, 0) is 34.5 Å². The average Bonchev–Trinajstić information content (AvgIpc) is 2.28. The van der Waals surface area contributed by atoms with Gasteiger partial charge in [0.05, 0.1) is 10.0 Å². The number of hydrogen-bond donors (Lipinski definition) is 2. The van der Waals surface area contributed by atoms with Gasteiger partial charge in [-0.15, -0.1) is 0 Å². The van der Waals surface area contributed by atoms with E-state index in [0.717, 1.165) is 6.42 Å². The van der Waals surface area contributed by atoms with Gasteiger partial charge in [0.25, 0.3) is 5.91 Å². The van der Waals surface area contributed by atoms with Gasteiger partial charge in [-0.3, -0.25) is 4.79 Å². The van der Waals surface area contributed by atoms with Gasteiger partial charge in [-0.2, -0.15) is 0 Å². The van der Waals surface area contributed by atoms with E-state index in [-0.39, 0.29) is 5.91 Å². The molecule has 1 rings (SSSR count). The lowest BCUT2D eigenvalue weighted by Gasteiger charge is -2.07. The number of nitrogen functional groups attached to an aromatic ring is 1. The Morgan fingerprint density at radius 2 is 2.31 bits per heavy atom. The zero-order chi connectivity index (χ0) is 12.0. The number of nitrogens with two attached hydrogens (primary N) is 1. The first-order valence-corrected chi connectivity index (χ1v) is 5.77. The van der Waals surface area contributed by atoms with Gasteiger partial charge < -0.3 is 15.8 Å². The van der Waals surface area contributed by atoms with E-state index >= 15 is 0 Å². The molecular formula is C11H15BrN2O2. The van der Waals surface area contributed by atoms with E-state index in [2.05, 4.69) is 21.2 Å². The molecule has 3 N–H and O–H groups in total. The smallest absolute Gasteiger partial charge is 0.252 e. The SMILES string of the molecule is COCCCNC(=O)c1cccc(N)c1Br. The summed E-state index contributed by atoms with van der Waals surface area (Å²) in [5.41, 5.74) is 6.80. The molecule has 0 atom stereocenters. The molecular weight excluding hydrogens is 272 g/mol. The Kier molecular flexibility index (Phi) is 5.28. The highest BCUT2D eigenvalue weighted by Crippen LogP contribution is 2.23. The first-order valence-electron chi connectivity index (χ1n) is 4.98. The third-order valence-corrected chi connectivity index (χ3v) is 2.97. The van der Waals surface area contributed by atoms with Crippen molar-refractivity contribution in [3.8, 4) is 0 Å². The normalized spacial score (nSPS) is 10.1. The highest BCUT2D eigenvalue weighted by molar-refractivity contribution is 9.10. The van der Waals surface area contributed by atoms with Crippen LogP contribution in [0, 0.1) is 0 Å². The molecule has 0 bridgehead atoms. The van der Waals surface area contributed by atoms with Crippen LogP contribution < -0.4 is 11.1 Å². The third-order valence-electron chi connectivity index (χ3n) is 2.08. The Morgan fingerprint density at radius 3 is 3.00 bits per heavy atom. The Hall–Kier alpha value is -1.07. The van der Waals surface area contributed by atoms with E-state index < -0.39 is 0 Å². The fourth-order valence-electron chi connectivity index (χ4n) is 1.24. The van der Waals surface area contributed by atoms with Crippen molar-refractivity contribution in [2.24, 2.45) is 0 Å². The molecule has 0 aliphatic rings. The summed E-state index contributed by atoms with van der Waals surface area (Å²) in [5.74, 6) is -0.129. The van der Waals surface area contributed by atoms with Gasteiger partial charge in [0.15, 0.2) is 0 Å². The Labute approximate surface area is 103 Å². The van der Waals surface area contributed by atoms with Crippen LogP contribution in [-0.2, 0) is 4.74 Å². The van der Waals surface area contributed by atoms with Crippen molar-refractivity contribution in [3.05, 3.63) is 28.2 Å². The molecule has 0 aliphatic carbocycles. The van der Waals surface area contributed by atoms with Gasteiger partial charge in [-0.25, -0.2) is 0 Å². The van der Waals surface area contributed by atoms with Gasteiger partial charge in [-0.1, -0.05) is 6.07 Å². The predicted molar refractivity (Wildman–Crippen MR) is 67.4 cm³/mol. The first kappa shape index (κ1) is 13.0. The van der Waals surface area contributed by atoms with E-state index in [0.29, 0.717) is 28.9 Å². The van der Waals surface area contributed by atoms with E-state index in [1.807, 2.05) is 0 Å². The molecule has 0 fully saturated rings. The van der Waals surface area contributed by atoms with Crippen molar-refractivity contribution in [2.75, 3.05) is 26.0 Å². The summed E-state index contributed by atoms with van der Waals surface area (Å²) in [6.07, 6.45) is 0.794. The van der Waals surface area contributed by atoms with Crippen LogP contribution in [0.3, 0.4) is 0 Å². The number of carbonyl (C=O) groups excluding carboxylic acids is 1. The maximum Gasteiger partial charge on any atom is 0.252 e. The Balaban J connectivity index is 2.56. The first-order chi connectivity index (χ1) is 7.66. The standard InChI is InChI=1S/C11H15BrN2O2/c1-16-7-3-6-14-11(15)8-4-2-5-9(13)10(8)12/h2,4-5H,3,6-7,13H2,1H3,(H,14,15). The fourth-order valence-corrected chi connectivity index (χ4v) is 1.68. The molecule has 0 saturated carbocycles. The molecule has 5 heteroatoms. The van der Waals surface area contributed by atoms with Crippen LogP contribution in [0.2, 0.25) is 0 Å². The second-order valence-corrected chi connectivity index (χ2v) is 4.10. The largest absolute Gasteiger partial charge is 0.398 e. The van der Waals surface area contributed by atoms with Crippen LogP contribution in [0.1, 0.15) is 16.8 Å². The number of amides is 1. The van der Waals surface area contributed by atoms with Gasteiger partial charge >= 0.3 is 0 Å². The number of nitrogens with one attached hydrogen (secondary N) is 1. The minimum absolute atomic E-state index is 0.129. The summed E-state index contributed by atoms with van der Waals surface area (Å²) in [6, 6.07) is 5.22. The van der Waals surface area contributed by atoms with Crippen LogP contribution in [0.5, 0.6) is 0 Å². The molecule has 0 spiro atoms. The number of ether oxygens (including phenoxy) is 1. The molecule has 0 aliphatic heterocycles. The average molecular weight is 287 g/mol. The molecule has 88 valence electrons. The Bertz CT molecular complexity index is 369. The van der Waals surface area contributed by atoms with Crippen molar-refractivity contribution in [1.82, 2.24) is 5.32 Å². The maximum absolute atomic E-state index is 11.7. The molecule has 1 aromatic carbocycles. The van der Waals surface area contributed by atoms with Crippen molar-refractivity contribution >= 4 is 27.5 Å². The predicted octanol–water partition coefficient (Wildman–Crippen LogP) is 1.80. The molecule has 4 nitrogen and oxygen atoms in total. The van der Waals surface area contributed by atoms with E-state index in [9.17, 15) is 4.79 Å². The lowest BCUT2D eigenvalue weighted by Crippen LogP contribution is -2.25. The molecule has 0 heterocycles. The molecule has 1 aromatic rings. The monoisotopic (exact) mass is 286 g/mol. The second kappa shape index (κ2) is 6.50. The summed E-state index contributed by atoms with van der Waals surface area (Å²) in [6.45, 7) is 1.23. The topological polar surface area (TPSA) is 64.3 Å². The van der Waals surface area contributed by atoms with Crippen molar-refractivity contribution < 1.29 is 9.53 Å². The van der Waals surface area contributed by atoms with Crippen LogP contribution in [0.15, 0.2) is 22.7 Å². The summed E-state index contributed by atoms with van der Waals surface area (Å²) in [7, 11) is 1.64. The highest BCUT2D eigenvalue weighted by atomic mass is 79.9. The van der Waals surface area contributed by atoms with Gasteiger partial charge in [0, 0.05) is 25.9 Å². The minimum atomic E-state index is -0.129. The minimum Gasteiger partial charge on any atom is -0.398 e. The summed E-state index contributed by atoms with van der Waals surface area (Å²) >= 11 is 3.29. The summed E-state index contributed by atoms with van der Waals surface area (Å²) in [5, 5.41) is 2.80. The molecule has 16 heavy (non-hydrogen) atoms. The molecule has 0 radical (unpaired) electrons. The van der Waals surface area contributed by atoms with Crippen LogP contribution in [0.4, 0.5) is 5.69 Å². The quantitative estimate of drug-likeness (QED) is 0.641. The zero-order valence-corrected chi connectivity index (χ0v) is 10.7. The lowest BCUT2D eigenvalue weighted by atomic mass is 10.2.